The lowest BCUT2D eigenvalue weighted by molar-refractivity contribution is 0.167. The highest BCUT2D eigenvalue weighted by molar-refractivity contribution is 5.97. The molecule has 0 aliphatic carbocycles. The number of likely N-dealkylation sites (tertiary alicyclic amines) is 1. The van der Waals surface area contributed by atoms with Gasteiger partial charge in [0.05, 0.1) is 12.4 Å². The van der Waals surface area contributed by atoms with Gasteiger partial charge in [0.1, 0.15) is 6.17 Å². The summed E-state index contributed by atoms with van der Waals surface area (Å²) >= 11 is 0. The van der Waals surface area contributed by atoms with Gasteiger partial charge >= 0.3 is 0 Å². The molecule has 1 N–H and O–H groups in total. The van der Waals surface area contributed by atoms with Gasteiger partial charge in [-0.1, -0.05) is 36.8 Å². The van der Waals surface area contributed by atoms with E-state index in [-0.39, 0.29) is 12.4 Å². The largest absolute Gasteiger partial charge is 0.311 e. The molecule has 0 bridgehead atoms. The molecule has 2 aliphatic rings. The Morgan fingerprint density at radius 1 is 1.12 bits per heavy atom. The molecule has 1 saturated heterocycles. The maximum absolute atomic E-state index is 14.5. The average molecular weight is 362 g/mol. The van der Waals surface area contributed by atoms with Crippen LogP contribution in [-0.2, 0) is 6.42 Å². The SMILES string of the molecule is CC1=NC(Cc2ccccc2)N(CNCCN2CCCCC2)C(F)=C1F. The minimum absolute atomic E-state index is 0.132. The Hall–Kier alpha value is -1.79. The topological polar surface area (TPSA) is 30.9 Å². The molecule has 0 saturated carbocycles. The molecule has 1 atom stereocenters. The molecule has 4 nitrogen and oxygen atoms in total. The second kappa shape index (κ2) is 9.24. The van der Waals surface area contributed by atoms with E-state index in [1.54, 1.807) is 0 Å². The monoisotopic (exact) mass is 362 g/mol. The van der Waals surface area contributed by atoms with Gasteiger partial charge in [0.2, 0.25) is 5.95 Å². The normalized spacial score (nSPS) is 21.9. The smallest absolute Gasteiger partial charge is 0.230 e. The van der Waals surface area contributed by atoms with Crippen LogP contribution in [-0.4, -0.2) is 54.5 Å². The van der Waals surface area contributed by atoms with Crippen LogP contribution in [0.4, 0.5) is 8.78 Å². The molecule has 0 amide bonds. The third kappa shape index (κ3) is 4.89. The zero-order valence-electron chi connectivity index (χ0n) is 15.4. The molecule has 1 aromatic carbocycles. The van der Waals surface area contributed by atoms with E-state index < -0.39 is 17.9 Å². The van der Waals surface area contributed by atoms with Crippen molar-refractivity contribution in [3.63, 3.8) is 0 Å². The van der Waals surface area contributed by atoms with Crippen LogP contribution in [0.15, 0.2) is 47.1 Å². The summed E-state index contributed by atoms with van der Waals surface area (Å²) in [5, 5.41) is 3.26. The predicted molar refractivity (Wildman–Crippen MR) is 101 cm³/mol. The van der Waals surface area contributed by atoms with Crippen molar-refractivity contribution in [2.24, 2.45) is 4.99 Å². The van der Waals surface area contributed by atoms with E-state index >= 15 is 0 Å². The summed E-state index contributed by atoms with van der Waals surface area (Å²) in [4.78, 5) is 8.19. The lowest BCUT2D eigenvalue weighted by Gasteiger charge is -2.33. The summed E-state index contributed by atoms with van der Waals surface area (Å²) in [5.74, 6) is -1.67. The third-order valence-electron chi connectivity index (χ3n) is 5.05. The molecule has 2 aliphatic heterocycles. The minimum Gasteiger partial charge on any atom is -0.311 e. The van der Waals surface area contributed by atoms with E-state index in [0.717, 1.165) is 31.7 Å². The molecule has 1 fully saturated rings. The van der Waals surface area contributed by atoms with Crippen molar-refractivity contribution >= 4 is 5.71 Å². The molecular weight excluding hydrogens is 334 g/mol. The van der Waals surface area contributed by atoms with E-state index in [0.29, 0.717) is 6.42 Å². The third-order valence-corrected chi connectivity index (χ3v) is 5.05. The van der Waals surface area contributed by atoms with Crippen molar-refractivity contribution in [2.75, 3.05) is 32.8 Å². The van der Waals surface area contributed by atoms with Crippen LogP contribution in [0.3, 0.4) is 0 Å². The number of hydrogen-bond acceptors (Lipinski definition) is 4. The van der Waals surface area contributed by atoms with Crippen LogP contribution in [0.2, 0.25) is 0 Å². The molecule has 0 spiro atoms. The molecule has 1 aromatic rings. The number of nitrogens with zero attached hydrogens (tertiary/aromatic N) is 3. The number of piperidine rings is 1. The van der Waals surface area contributed by atoms with Crippen LogP contribution in [0.1, 0.15) is 31.7 Å². The zero-order chi connectivity index (χ0) is 18.4. The average Bonchev–Trinajstić information content (AvgIpc) is 2.67. The molecular formula is C20H28F2N4. The first kappa shape index (κ1) is 19.0. The predicted octanol–water partition coefficient (Wildman–Crippen LogP) is 3.47. The summed E-state index contributed by atoms with van der Waals surface area (Å²) in [6, 6.07) is 9.81. The van der Waals surface area contributed by atoms with Gasteiger partial charge in [0.15, 0.2) is 5.83 Å². The van der Waals surface area contributed by atoms with E-state index in [4.69, 9.17) is 0 Å². The first-order valence-electron chi connectivity index (χ1n) is 9.49. The zero-order valence-corrected chi connectivity index (χ0v) is 15.4. The molecule has 2 heterocycles. The van der Waals surface area contributed by atoms with Crippen molar-refractivity contribution in [2.45, 2.75) is 38.8 Å². The summed E-state index contributed by atoms with van der Waals surface area (Å²) in [5.41, 5.74) is 1.19. The van der Waals surface area contributed by atoms with Gasteiger partial charge in [-0.3, -0.25) is 10.3 Å². The first-order valence-corrected chi connectivity index (χ1v) is 9.49. The standard InChI is InChI=1S/C20H28F2N4/c1-16-19(21)20(22)26(15-23-10-13-25-11-6-3-7-12-25)18(24-16)14-17-8-4-2-5-9-17/h2,4-5,8-9,18,23H,3,6-7,10-15H2,1H3. The van der Waals surface area contributed by atoms with E-state index in [9.17, 15) is 8.78 Å². The Labute approximate surface area is 154 Å². The van der Waals surface area contributed by atoms with Gasteiger partial charge in [-0.05, 0) is 38.4 Å². The second-order valence-corrected chi connectivity index (χ2v) is 7.02. The number of hydrogen-bond donors (Lipinski definition) is 1. The van der Waals surface area contributed by atoms with Crippen molar-refractivity contribution < 1.29 is 8.78 Å². The summed E-state index contributed by atoms with van der Waals surface area (Å²) in [6.45, 7) is 5.73. The Morgan fingerprint density at radius 2 is 1.85 bits per heavy atom. The molecule has 26 heavy (non-hydrogen) atoms. The van der Waals surface area contributed by atoms with Crippen molar-refractivity contribution in [1.82, 2.24) is 15.1 Å². The van der Waals surface area contributed by atoms with Gasteiger partial charge < -0.3 is 9.80 Å². The fraction of sp³-hybridized carbons (Fsp3) is 0.550. The fourth-order valence-corrected chi connectivity index (χ4v) is 3.53. The van der Waals surface area contributed by atoms with E-state index in [2.05, 4.69) is 15.2 Å². The second-order valence-electron chi connectivity index (χ2n) is 7.02. The molecule has 142 valence electrons. The van der Waals surface area contributed by atoms with Gasteiger partial charge in [0, 0.05) is 19.5 Å². The quantitative estimate of drug-likeness (QED) is 0.595. The van der Waals surface area contributed by atoms with Crippen LogP contribution in [0.25, 0.3) is 0 Å². The molecule has 0 aromatic heterocycles. The maximum Gasteiger partial charge on any atom is 0.230 e. The maximum atomic E-state index is 14.5. The van der Waals surface area contributed by atoms with Gasteiger partial charge in [-0.25, -0.2) is 4.39 Å². The highest BCUT2D eigenvalue weighted by Crippen LogP contribution is 2.25. The summed E-state index contributed by atoms with van der Waals surface area (Å²) in [7, 11) is 0. The number of nitrogens with one attached hydrogen (secondary N) is 1. The number of benzene rings is 1. The van der Waals surface area contributed by atoms with Crippen LogP contribution in [0.5, 0.6) is 0 Å². The summed E-state index contributed by atoms with van der Waals surface area (Å²) in [6.07, 6.45) is 3.93. The van der Waals surface area contributed by atoms with Crippen molar-refractivity contribution in [1.29, 1.82) is 0 Å². The van der Waals surface area contributed by atoms with Crippen molar-refractivity contribution in [3.8, 4) is 0 Å². The minimum atomic E-state index is -0.854. The highest BCUT2D eigenvalue weighted by atomic mass is 19.2. The lowest BCUT2D eigenvalue weighted by Crippen LogP contribution is -2.45. The number of allylic oxidation sites excluding steroid dienone is 1. The number of aliphatic imine (C=N–C) groups is 1. The van der Waals surface area contributed by atoms with Crippen LogP contribution >= 0.6 is 0 Å². The van der Waals surface area contributed by atoms with Crippen molar-refractivity contribution in [3.05, 3.63) is 47.7 Å². The summed E-state index contributed by atoms with van der Waals surface area (Å²) < 4.78 is 28.6. The highest BCUT2D eigenvalue weighted by Gasteiger charge is 2.29. The van der Waals surface area contributed by atoms with Crippen LogP contribution in [0, 0.1) is 0 Å². The molecule has 1 unspecified atom stereocenters. The Kier molecular flexibility index (Phi) is 6.74. The lowest BCUT2D eigenvalue weighted by atomic mass is 10.1. The Bertz CT molecular complexity index is 638. The number of rotatable bonds is 7. The molecule has 6 heteroatoms. The number of halogens is 2. The Morgan fingerprint density at radius 3 is 2.58 bits per heavy atom. The fourth-order valence-electron chi connectivity index (χ4n) is 3.53. The van der Waals surface area contributed by atoms with Crippen LogP contribution < -0.4 is 5.32 Å². The van der Waals surface area contributed by atoms with Gasteiger partial charge in [0.25, 0.3) is 0 Å². The van der Waals surface area contributed by atoms with E-state index in [1.165, 1.54) is 31.1 Å². The van der Waals surface area contributed by atoms with Gasteiger partial charge in [-0.15, -0.1) is 0 Å². The molecule has 0 radical (unpaired) electrons. The van der Waals surface area contributed by atoms with Gasteiger partial charge in [-0.2, -0.15) is 4.39 Å². The Balaban J connectivity index is 1.57. The van der Waals surface area contributed by atoms with E-state index in [1.807, 2.05) is 30.3 Å². The molecule has 3 rings (SSSR count). The first-order chi connectivity index (χ1) is 12.6.